The number of alkyl halides is 3. The number of benzene rings is 1. The molecule has 0 aliphatic heterocycles. The van der Waals surface area contributed by atoms with Crippen LogP contribution in [0.25, 0.3) is 0 Å². The Labute approximate surface area is 107 Å². The number of hydrogen-bond acceptors (Lipinski definition) is 2. The van der Waals surface area contributed by atoms with Crippen molar-refractivity contribution < 1.29 is 23.1 Å². The summed E-state index contributed by atoms with van der Waals surface area (Å²) in [6.45, 7) is 0.117. The highest BCUT2D eigenvalue weighted by molar-refractivity contribution is 6.33. The lowest BCUT2D eigenvalue weighted by molar-refractivity contribution is -0.134. The molecule has 1 rings (SSSR count). The van der Waals surface area contributed by atoms with Gasteiger partial charge in [0.2, 0.25) is 0 Å². The Bertz CT molecular complexity index is 435. The van der Waals surface area contributed by atoms with Gasteiger partial charge in [0.1, 0.15) is 0 Å². The van der Waals surface area contributed by atoms with Crippen LogP contribution in [0.2, 0.25) is 5.02 Å². The molecule has 0 atom stereocenters. The number of carboxylic acids is 1. The fourth-order valence-corrected chi connectivity index (χ4v) is 1.55. The van der Waals surface area contributed by atoms with Crippen molar-refractivity contribution in [2.45, 2.75) is 19.0 Å². The lowest BCUT2D eigenvalue weighted by Gasteiger charge is -2.10. The van der Waals surface area contributed by atoms with Gasteiger partial charge in [0.15, 0.2) is 0 Å². The number of aromatic carboxylic acids is 1. The Hall–Kier alpha value is -1.43. The van der Waals surface area contributed by atoms with Crippen molar-refractivity contribution in [3.05, 3.63) is 28.8 Å². The molecule has 1 aromatic rings. The van der Waals surface area contributed by atoms with Gasteiger partial charge in [0.05, 0.1) is 16.3 Å². The number of hydrogen-bond donors (Lipinski definition) is 2. The second kappa shape index (κ2) is 5.95. The first-order valence-electron chi connectivity index (χ1n) is 5.13. The Morgan fingerprint density at radius 3 is 2.56 bits per heavy atom. The Morgan fingerprint density at radius 1 is 1.39 bits per heavy atom. The second-order valence-electron chi connectivity index (χ2n) is 3.65. The summed E-state index contributed by atoms with van der Waals surface area (Å²) in [5, 5.41) is 11.6. The summed E-state index contributed by atoms with van der Waals surface area (Å²) in [6.07, 6.45) is -5.11. The molecule has 0 unspecified atom stereocenters. The van der Waals surface area contributed by atoms with Crippen LogP contribution >= 0.6 is 11.6 Å². The van der Waals surface area contributed by atoms with E-state index in [-0.39, 0.29) is 23.6 Å². The average Bonchev–Trinajstić information content (AvgIpc) is 2.24. The highest BCUT2D eigenvalue weighted by Gasteiger charge is 2.25. The van der Waals surface area contributed by atoms with E-state index in [1.54, 1.807) is 0 Å². The van der Waals surface area contributed by atoms with Gasteiger partial charge in [-0.3, -0.25) is 0 Å². The van der Waals surface area contributed by atoms with Crippen LogP contribution in [0.1, 0.15) is 23.2 Å². The molecular formula is C11H11ClF3NO2. The first-order chi connectivity index (χ1) is 8.29. The predicted octanol–water partition coefficient (Wildman–Crippen LogP) is 3.79. The van der Waals surface area contributed by atoms with E-state index in [4.69, 9.17) is 16.7 Å². The van der Waals surface area contributed by atoms with Crippen LogP contribution in [-0.2, 0) is 0 Å². The molecule has 0 saturated heterocycles. The van der Waals surface area contributed by atoms with Crippen LogP contribution in [0.15, 0.2) is 18.2 Å². The summed E-state index contributed by atoms with van der Waals surface area (Å²) in [5.74, 6) is -1.11. The van der Waals surface area contributed by atoms with Gasteiger partial charge in [-0.25, -0.2) is 4.79 Å². The summed E-state index contributed by atoms with van der Waals surface area (Å²) in [7, 11) is 0. The Balaban J connectivity index is 2.51. The monoisotopic (exact) mass is 281 g/mol. The summed E-state index contributed by atoms with van der Waals surface area (Å²) < 4.78 is 35.7. The van der Waals surface area contributed by atoms with Crippen molar-refractivity contribution in [3.63, 3.8) is 0 Å². The quantitative estimate of drug-likeness (QED) is 0.807. The van der Waals surface area contributed by atoms with Gasteiger partial charge in [-0.05, 0) is 24.6 Å². The van der Waals surface area contributed by atoms with Crippen LogP contribution in [0.3, 0.4) is 0 Å². The van der Waals surface area contributed by atoms with Crippen LogP contribution in [0.4, 0.5) is 18.9 Å². The third-order valence-corrected chi connectivity index (χ3v) is 2.48. The minimum absolute atomic E-state index is 0.0286. The molecule has 0 amide bonds. The smallest absolute Gasteiger partial charge is 0.389 e. The van der Waals surface area contributed by atoms with Crippen molar-refractivity contribution in [1.82, 2.24) is 0 Å². The van der Waals surface area contributed by atoms with Crippen molar-refractivity contribution in [3.8, 4) is 0 Å². The van der Waals surface area contributed by atoms with E-state index >= 15 is 0 Å². The molecule has 0 saturated carbocycles. The largest absolute Gasteiger partial charge is 0.478 e. The lowest BCUT2D eigenvalue weighted by Crippen LogP contribution is -2.11. The minimum Gasteiger partial charge on any atom is -0.478 e. The zero-order chi connectivity index (χ0) is 13.8. The first-order valence-corrected chi connectivity index (χ1v) is 5.51. The van der Waals surface area contributed by atoms with E-state index < -0.39 is 18.6 Å². The van der Waals surface area contributed by atoms with Crippen LogP contribution < -0.4 is 5.32 Å². The molecule has 0 bridgehead atoms. The molecule has 2 N–H and O–H groups in total. The SMILES string of the molecule is O=C(O)c1ccc(NCCCC(F)(F)F)c(Cl)c1. The molecule has 0 spiro atoms. The summed E-state index contributed by atoms with van der Waals surface area (Å²) in [4.78, 5) is 10.6. The number of carboxylic acid groups (broad SMARTS) is 1. The molecule has 7 heteroatoms. The molecule has 3 nitrogen and oxygen atoms in total. The number of carbonyl (C=O) groups is 1. The van der Waals surface area contributed by atoms with Gasteiger partial charge >= 0.3 is 12.1 Å². The average molecular weight is 282 g/mol. The summed E-state index contributed by atoms with van der Waals surface area (Å²) in [6, 6.07) is 4.01. The molecule has 0 aromatic heterocycles. The normalized spacial score (nSPS) is 11.3. The van der Waals surface area contributed by atoms with Crippen molar-refractivity contribution in [1.29, 1.82) is 0 Å². The molecule has 0 fully saturated rings. The van der Waals surface area contributed by atoms with E-state index in [1.807, 2.05) is 0 Å². The number of anilines is 1. The highest BCUT2D eigenvalue weighted by Crippen LogP contribution is 2.24. The van der Waals surface area contributed by atoms with Gasteiger partial charge < -0.3 is 10.4 Å². The molecule has 0 heterocycles. The molecule has 18 heavy (non-hydrogen) atoms. The number of nitrogens with one attached hydrogen (secondary N) is 1. The molecule has 100 valence electrons. The highest BCUT2D eigenvalue weighted by atomic mass is 35.5. The maximum Gasteiger partial charge on any atom is 0.389 e. The minimum atomic E-state index is -4.17. The van der Waals surface area contributed by atoms with E-state index in [9.17, 15) is 18.0 Å². The standard InChI is InChI=1S/C11H11ClF3NO2/c12-8-6-7(10(17)18)2-3-9(8)16-5-1-4-11(13,14)15/h2-3,6,16H,1,4-5H2,(H,17,18). The van der Waals surface area contributed by atoms with E-state index in [1.165, 1.54) is 18.2 Å². The first kappa shape index (κ1) is 14.6. The lowest BCUT2D eigenvalue weighted by atomic mass is 10.2. The molecule has 0 radical (unpaired) electrons. The Kier molecular flexibility index (Phi) is 4.84. The van der Waals surface area contributed by atoms with E-state index in [2.05, 4.69) is 5.32 Å². The second-order valence-corrected chi connectivity index (χ2v) is 4.05. The van der Waals surface area contributed by atoms with Crippen LogP contribution in [0, 0.1) is 0 Å². The maximum absolute atomic E-state index is 11.9. The zero-order valence-electron chi connectivity index (χ0n) is 9.22. The van der Waals surface area contributed by atoms with E-state index in [0.29, 0.717) is 5.69 Å². The maximum atomic E-state index is 11.9. The molecule has 1 aromatic carbocycles. The van der Waals surface area contributed by atoms with Gasteiger partial charge in [0, 0.05) is 13.0 Å². The fraction of sp³-hybridized carbons (Fsp3) is 0.364. The molecule has 0 aliphatic rings. The summed E-state index contributed by atoms with van der Waals surface area (Å²) >= 11 is 5.79. The van der Waals surface area contributed by atoms with Gasteiger partial charge in [-0.15, -0.1) is 0 Å². The summed E-state index contributed by atoms with van der Waals surface area (Å²) in [5.41, 5.74) is 0.449. The molecular weight excluding hydrogens is 271 g/mol. The van der Waals surface area contributed by atoms with Gasteiger partial charge in [-0.1, -0.05) is 11.6 Å². The topological polar surface area (TPSA) is 49.3 Å². The predicted molar refractivity (Wildman–Crippen MR) is 62.2 cm³/mol. The number of halogens is 4. The zero-order valence-corrected chi connectivity index (χ0v) is 9.98. The van der Waals surface area contributed by atoms with Crippen LogP contribution in [-0.4, -0.2) is 23.8 Å². The van der Waals surface area contributed by atoms with Crippen molar-refractivity contribution >= 4 is 23.3 Å². The van der Waals surface area contributed by atoms with E-state index in [0.717, 1.165) is 0 Å². The number of rotatable bonds is 5. The van der Waals surface area contributed by atoms with Gasteiger partial charge in [0.25, 0.3) is 0 Å². The van der Waals surface area contributed by atoms with Gasteiger partial charge in [-0.2, -0.15) is 13.2 Å². The van der Waals surface area contributed by atoms with Crippen molar-refractivity contribution in [2.24, 2.45) is 0 Å². The third kappa shape index (κ3) is 4.83. The molecule has 0 aliphatic carbocycles. The van der Waals surface area contributed by atoms with Crippen LogP contribution in [0.5, 0.6) is 0 Å². The van der Waals surface area contributed by atoms with Crippen molar-refractivity contribution in [2.75, 3.05) is 11.9 Å². The fourth-order valence-electron chi connectivity index (χ4n) is 1.30. The third-order valence-electron chi connectivity index (χ3n) is 2.17. The Morgan fingerprint density at radius 2 is 2.06 bits per heavy atom.